The SMILES string of the molecule is Cc1cc(NC(=O)c2ccccc2SCc2c(C)noc2C)ccc1Oc1cccnc1. The number of aryl methyl sites for hydroxylation is 3. The Labute approximate surface area is 191 Å². The Bertz CT molecular complexity index is 1220. The van der Waals surface area contributed by atoms with Gasteiger partial charge in [0.15, 0.2) is 0 Å². The molecule has 0 aliphatic heterocycles. The molecule has 0 aliphatic rings. The van der Waals surface area contributed by atoms with E-state index in [2.05, 4.69) is 15.5 Å². The number of hydrogen-bond acceptors (Lipinski definition) is 6. The van der Waals surface area contributed by atoms with Gasteiger partial charge in [0.2, 0.25) is 0 Å². The molecule has 1 N–H and O–H groups in total. The average Bonchev–Trinajstić information content (AvgIpc) is 3.12. The maximum atomic E-state index is 13.0. The molecule has 7 heteroatoms. The van der Waals surface area contributed by atoms with Crippen LogP contribution in [0.3, 0.4) is 0 Å². The van der Waals surface area contributed by atoms with E-state index in [0.717, 1.165) is 27.5 Å². The molecule has 2 aromatic heterocycles. The molecule has 0 bridgehead atoms. The van der Waals surface area contributed by atoms with E-state index in [1.165, 1.54) is 0 Å². The Kier molecular flexibility index (Phi) is 6.56. The highest BCUT2D eigenvalue weighted by Crippen LogP contribution is 2.30. The summed E-state index contributed by atoms with van der Waals surface area (Å²) in [7, 11) is 0. The van der Waals surface area contributed by atoms with Gasteiger partial charge in [-0.2, -0.15) is 0 Å². The fourth-order valence-electron chi connectivity index (χ4n) is 3.21. The molecule has 0 fully saturated rings. The molecule has 2 aromatic carbocycles. The van der Waals surface area contributed by atoms with Gasteiger partial charge in [0.1, 0.15) is 17.3 Å². The molecule has 0 radical (unpaired) electrons. The summed E-state index contributed by atoms with van der Waals surface area (Å²) in [6.07, 6.45) is 3.36. The molecular weight excluding hydrogens is 422 g/mol. The second-order valence-corrected chi connectivity index (χ2v) is 8.33. The lowest BCUT2D eigenvalue weighted by Gasteiger charge is -2.12. The van der Waals surface area contributed by atoms with Crippen LogP contribution in [0.15, 0.2) is 76.4 Å². The minimum atomic E-state index is -0.160. The number of pyridine rings is 1. The summed E-state index contributed by atoms with van der Waals surface area (Å²) in [5.41, 5.74) is 4.17. The summed E-state index contributed by atoms with van der Waals surface area (Å²) in [6, 6.07) is 16.8. The third kappa shape index (κ3) is 5.00. The van der Waals surface area contributed by atoms with Crippen molar-refractivity contribution >= 4 is 23.4 Å². The number of ether oxygens (including phenoxy) is 1. The number of carbonyl (C=O) groups is 1. The number of nitrogens with one attached hydrogen (secondary N) is 1. The third-order valence-electron chi connectivity index (χ3n) is 4.98. The smallest absolute Gasteiger partial charge is 0.256 e. The zero-order chi connectivity index (χ0) is 22.5. The van der Waals surface area contributed by atoms with Crippen LogP contribution in [0.1, 0.15) is 32.9 Å². The topological polar surface area (TPSA) is 77.2 Å². The molecule has 162 valence electrons. The van der Waals surface area contributed by atoms with Crippen LogP contribution in [0.4, 0.5) is 5.69 Å². The van der Waals surface area contributed by atoms with Crippen molar-refractivity contribution in [2.45, 2.75) is 31.4 Å². The summed E-state index contributed by atoms with van der Waals surface area (Å²) in [4.78, 5) is 18.0. The minimum absolute atomic E-state index is 0.160. The largest absolute Gasteiger partial charge is 0.455 e. The van der Waals surface area contributed by atoms with Crippen molar-refractivity contribution in [1.29, 1.82) is 0 Å². The van der Waals surface area contributed by atoms with Gasteiger partial charge >= 0.3 is 0 Å². The predicted octanol–water partition coefficient (Wildman–Crippen LogP) is 6.33. The second kappa shape index (κ2) is 9.70. The van der Waals surface area contributed by atoms with Crippen LogP contribution in [0.25, 0.3) is 0 Å². The summed E-state index contributed by atoms with van der Waals surface area (Å²) < 4.78 is 11.1. The first kappa shape index (κ1) is 21.6. The zero-order valence-electron chi connectivity index (χ0n) is 18.1. The minimum Gasteiger partial charge on any atom is -0.455 e. The molecule has 4 rings (SSSR count). The van der Waals surface area contributed by atoms with Crippen LogP contribution in [-0.4, -0.2) is 16.0 Å². The van der Waals surface area contributed by atoms with E-state index in [4.69, 9.17) is 9.26 Å². The Hall–Kier alpha value is -3.58. The maximum absolute atomic E-state index is 13.0. The standard InChI is InChI=1S/C25H23N3O3S/c1-16-13-19(10-11-23(16)30-20-7-6-12-26-14-20)27-25(29)21-8-4-5-9-24(21)32-15-22-17(2)28-31-18(22)3/h4-14H,15H2,1-3H3,(H,27,29). The first-order valence-corrected chi connectivity index (χ1v) is 11.1. The summed E-state index contributed by atoms with van der Waals surface area (Å²) in [6.45, 7) is 5.77. The Morgan fingerprint density at radius 3 is 2.66 bits per heavy atom. The summed E-state index contributed by atoms with van der Waals surface area (Å²) in [5, 5.41) is 7.00. The number of aromatic nitrogens is 2. The van der Waals surface area contributed by atoms with E-state index in [0.29, 0.717) is 28.5 Å². The van der Waals surface area contributed by atoms with Gasteiger partial charge in [-0.25, -0.2) is 0 Å². The molecular formula is C25H23N3O3S. The van der Waals surface area contributed by atoms with Crippen molar-refractivity contribution in [2.75, 3.05) is 5.32 Å². The lowest BCUT2D eigenvalue weighted by atomic mass is 10.1. The molecule has 0 saturated carbocycles. The quantitative estimate of drug-likeness (QED) is 0.335. The van der Waals surface area contributed by atoms with E-state index in [1.54, 1.807) is 24.2 Å². The van der Waals surface area contributed by atoms with Crippen molar-refractivity contribution in [3.8, 4) is 11.5 Å². The number of carbonyl (C=O) groups excluding carboxylic acids is 1. The second-order valence-electron chi connectivity index (χ2n) is 7.31. The molecule has 0 saturated heterocycles. The van der Waals surface area contributed by atoms with Gasteiger partial charge in [0.05, 0.1) is 17.5 Å². The number of nitrogens with zero attached hydrogens (tertiary/aromatic N) is 2. The van der Waals surface area contributed by atoms with Crippen molar-refractivity contribution in [3.05, 3.63) is 95.1 Å². The van der Waals surface area contributed by atoms with Crippen LogP contribution < -0.4 is 10.1 Å². The monoisotopic (exact) mass is 445 g/mol. The normalized spacial score (nSPS) is 10.7. The van der Waals surface area contributed by atoms with Gasteiger partial charge < -0.3 is 14.6 Å². The van der Waals surface area contributed by atoms with E-state index in [-0.39, 0.29) is 5.91 Å². The van der Waals surface area contributed by atoms with Crippen molar-refractivity contribution < 1.29 is 14.1 Å². The van der Waals surface area contributed by atoms with Crippen molar-refractivity contribution in [2.24, 2.45) is 0 Å². The van der Waals surface area contributed by atoms with Crippen LogP contribution >= 0.6 is 11.8 Å². The van der Waals surface area contributed by atoms with Crippen LogP contribution in [0.2, 0.25) is 0 Å². The van der Waals surface area contributed by atoms with Crippen molar-refractivity contribution in [3.63, 3.8) is 0 Å². The first-order valence-electron chi connectivity index (χ1n) is 10.1. The van der Waals surface area contributed by atoms with Gasteiger partial charge in [0, 0.05) is 28.1 Å². The highest BCUT2D eigenvalue weighted by atomic mass is 32.2. The zero-order valence-corrected chi connectivity index (χ0v) is 18.9. The van der Waals surface area contributed by atoms with Crippen LogP contribution in [0.5, 0.6) is 11.5 Å². The number of thioether (sulfide) groups is 1. The number of amides is 1. The van der Waals surface area contributed by atoms with E-state index < -0.39 is 0 Å². The number of hydrogen-bond donors (Lipinski definition) is 1. The average molecular weight is 446 g/mol. The fourth-order valence-corrected chi connectivity index (χ4v) is 4.42. The maximum Gasteiger partial charge on any atom is 0.256 e. The highest BCUT2D eigenvalue weighted by Gasteiger charge is 2.15. The van der Waals surface area contributed by atoms with Gasteiger partial charge in [0.25, 0.3) is 5.91 Å². The third-order valence-corrected chi connectivity index (χ3v) is 6.08. The molecule has 0 unspecified atom stereocenters. The van der Waals surface area contributed by atoms with E-state index >= 15 is 0 Å². The van der Waals surface area contributed by atoms with E-state index in [9.17, 15) is 4.79 Å². The number of rotatable bonds is 7. The lowest BCUT2D eigenvalue weighted by molar-refractivity contribution is 0.102. The van der Waals surface area contributed by atoms with Crippen LogP contribution in [0, 0.1) is 20.8 Å². The molecule has 0 aliphatic carbocycles. The summed E-state index contributed by atoms with van der Waals surface area (Å²) >= 11 is 1.59. The molecule has 4 aromatic rings. The summed E-state index contributed by atoms with van der Waals surface area (Å²) in [5.74, 6) is 2.71. The molecule has 32 heavy (non-hydrogen) atoms. The first-order chi connectivity index (χ1) is 15.5. The molecule has 0 atom stereocenters. The van der Waals surface area contributed by atoms with Gasteiger partial charge in [-0.1, -0.05) is 17.3 Å². The Morgan fingerprint density at radius 2 is 1.94 bits per heavy atom. The lowest BCUT2D eigenvalue weighted by Crippen LogP contribution is -2.13. The predicted molar refractivity (Wildman–Crippen MR) is 125 cm³/mol. The van der Waals surface area contributed by atoms with Crippen LogP contribution in [-0.2, 0) is 5.75 Å². The Balaban J connectivity index is 1.46. The molecule has 6 nitrogen and oxygen atoms in total. The highest BCUT2D eigenvalue weighted by molar-refractivity contribution is 7.98. The van der Waals surface area contributed by atoms with Gasteiger partial charge in [-0.05, 0) is 68.8 Å². The molecule has 0 spiro atoms. The van der Waals surface area contributed by atoms with Crippen molar-refractivity contribution in [1.82, 2.24) is 10.1 Å². The number of anilines is 1. The fraction of sp³-hybridized carbons (Fsp3) is 0.160. The molecule has 1 amide bonds. The van der Waals surface area contributed by atoms with Gasteiger partial charge in [-0.3, -0.25) is 9.78 Å². The van der Waals surface area contributed by atoms with E-state index in [1.807, 2.05) is 75.4 Å². The number of benzene rings is 2. The molecule has 2 heterocycles. The Morgan fingerprint density at radius 1 is 1.09 bits per heavy atom. The van der Waals surface area contributed by atoms with Gasteiger partial charge in [-0.15, -0.1) is 11.8 Å².